The highest BCUT2D eigenvalue weighted by Crippen LogP contribution is 2.17. The Morgan fingerprint density at radius 3 is 2.24 bits per heavy atom. The molecule has 4 nitrogen and oxygen atoms in total. The van der Waals surface area contributed by atoms with Gasteiger partial charge >= 0.3 is 0 Å². The van der Waals surface area contributed by atoms with Gasteiger partial charge in [0.2, 0.25) is 0 Å². The van der Waals surface area contributed by atoms with Crippen molar-refractivity contribution in [3.8, 4) is 5.75 Å². The van der Waals surface area contributed by atoms with Crippen LogP contribution in [0.4, 0.5) is 0 Å². The van der Waals surface area contributed by atoms with Crippen molar-refractivity contribution < 1.29 is 4.74 Å². The quantitative estimate of drug-likeness (QED) is 0.365. The molecule has 25 heavy (non-hydrogen) atoms. The van der Waals surface area contributed by atoms with Gasteiger partial charge in [0.05, 0.1) is 6.61 Å². The average molecular weight is 453 g/mol. The van der Waals surface area contributed by atoms with E-state index >= 15 is 0 Å². The first-order valence-electron chi connectivity index (χ1n) is 8.52. The van der Waals surface area contributed by atoms with E-state index in [9.17, 15) is 0 Å². The molecular formula is C20H28IN3O. The molecule has 0 amide bonds. The van der Waals surface area contributed by atoms with Gasteiger partial charge in [-0.1, -0.05) is 48.5 Å². The minimum absolute atomic E-state index is 0. The van der Waals surface area contributed by atoms with Crippen molar-refractivity contribution in [1.29, 1.82) is 0 Å². The number of rotatable bonds is 8. The fourth-order valence-electron chi connectivity index (χ4n) is 2.51. The third-order valence-corrected chi connectivity index (χ3v) is 3.73. The van der Waals surface area contributed by atoms with E-state index in [1.165, 1.54) is 11.1 Å². The summed E-state index contributed by atoms with van der Waals surface area (Å²) < 4.78 is 5.66. The van der Waals surface area contributed by atoms with Gasteiger partial charge in [-0.15, -0.1) is 24.0 Å². The Morgan fingerprint density at radius 2 is 1.56 bits per heavy atom. The summed E-state index contributed by atoms with van der Waals surface area (Å²) in [5.41, 5.74) is 2.54. The second kappa shape index (κ2) is 12.6. The van der Waals surface area contributed by atoms with E-state index in [-0.39, 0.29) is 24.0 Å². The highest BCUT2D eigenvalue weighted by atomic mass is 127. The van der Waals surface area contributed by atoms with Crippen molar-refractivity contribution in [1.82, 2.24) is 10.6 Å². The zero-order valence-electron chi connectivity index (χ0n) is 15.0. The maximum Gasteiger partial charge on any atom is 0.190 e. The molecule has 0 saturated carbocycles. The van der Waals surface area contributed by atoms with Gasteiger partial charge < -0.3 is 15.4 Å². The largest absolute Gasteiger partial charge is 0.494 e. The summed E-state index contributed by atoms with van der Waals surface area (Å²) in [6.07, 6.45) is 1.88. The highest BCUT2D eigenvalue weighted by molar-refractivity contribution is 14.0. The van der Waals surface area contributed by atoms with Crippen LogP contribution in [0.5, 0.6) is 5.75 Å². The molecule has 0 fully saturated rings. The van der Waals surface area contributed by atoms with E-state index in [2.05, 4.69) is 46.0 Å². The molecule has 2 N–H and O–H groups in total. The molecule has 2 aromatic rings. The van der Waals surface area contributed by atoms with Crippen molar-refractivity contribution in [2.24, 2.45) is 4.99 Å². The van der Waals surface area contributed by atoms with Crippen LogP contribution in [0.1, 0.15) is 18.1 Å². The molecule has 0 atom stereocenters. The number of ether oxygens (including phenoxy) is 1. The first kappa shape index (κ1) is 21.3. The molecule has 0 aliphatic heterocycles. The van der Waals surface area contributed by atoms with Crippen LogP contribution in [0.2, 0.25) is 0 Å². The van der Waals surface area contributed by atoms with E-state index in [0.717, 1.165) is 37.6 Å². The zero-order chi connectivity index (χ0) is 17.0. The standard InChI is InChI=1S/C20H27N3O.HI/c1-3-24-19-12-8-7-11-18(19)14-16-23-20(21-2)22-15-13-17-9-5-4-6-10-17;/h4-12H,3,13-16H2,1-2H3,(H2,21,22,23);1H. The summed E-state index contributed by atoms with van der Waals surface area (Å²) in [6, 6.07) is 18.6. The lowest BCUT2D eigenvalue weighted by Gasteiger charge is -2.13. The van der Waals surface area contributed by atoms with E-state index in [4.69, 9.17) is 4.74 Å². The maximum atomic E-state index is 5.66. The lowest BCUT2D eigenvalue weighted by atomic mass is 10.1. The number of hydrogen-bond donors (Lipinski definition) is 2. The summed E-state index contributed by atoms with van der Waals surface area (Å²) in [7, 11) is 1.80. The number of nitrogens with zero attached hydrogens (tertiary/aromatic N) is 1. The van der Waals surface area contributed by atoms with E-state index in [0.29, 0.717) is 6.61 Å². The molecule has 5 heteroatoms. The second-order valence-corrected chi connectivity index (χ2v) is 5.45. The van der Waals surface area contributed by atoms with Crippen molar-refractivity contribution >= 4 is 29.9 Å². The smallest absolute Gasteiger partial charge is 0.190 e. The lowest BCUT2D eigenvalue weighted by molar-refractivity contribution is 0.336. The van der Waals surface area contributed by atoms with Crippen LogP contribution in [0.3, 0.4) is 0 Å². The van der Waals surface area contributed by atoms with Gasteiger partial charge in [0.25, 0.3) is 0 Å². The van der Waals surface area contributed by atoms with Crippen LogP contribution >= 0.6 is 24.0 Å². The number of hydrogen-bond acceptors (Lipinski definition) is 2. The van der Waals surface area contributed by atoms with Gasteiger partial charge in [0.1, 0.15) is 5.75 Å². The van der Waals surface area contributed by atoms with E-state index in [1.54, 1.807) is 7.05 Å². The molecule has 136 valence electrons. The Morgan fingerprint density at radius 1 is 0.920 bits per heavy atom. The maximum absolute atomic E-state index is 5.66. The van der Waals surface area contributed by atoms with Crippen molar-refractivity contribution in [2.75, 3.05) is 26.7 Å². The monoisotopic (exact) mass is 453 g/mol. The van der Waals surface area contributed by atoms with Gasteiger partial charge in [0, 0.05) is 20.1 Å². The van der Waals surface area contributed by atoms with Crippen molar-refractivity contribution in [2.45, 2.75) is 19.8 Å². The molecule has 0 heterocycles. The summed E-state index contributed by atoms with van der Waals surface area (Å²) in [4.78, 5) is 4.27. The predicted molar refractivity (Wildman–Crippen MR) is 116 cm³/mol. The second-order valence-electron chi connectivity index (χ2n) is 5.45. The fourth-order valence-corrected chi connectivity index (χ4v) is 2.51. The topological polar surface area (TPSA) is 45.6 Å². The Labute approximate surface area is 168 Å². The molecule has 0 aromatic heterocycles. The fraction of sp³-hybridized carbons (Fsp3) is 0.350. The van der Waals surface area contributed by atoms with Crippen molar-refractivity contribution in [3.63, 3.8) is 0 Å². The predicted octanol–water partition coefficient (Wildman–Crippen LogP) is 3.65. The van der Waals surface area contributed by atoms with Crippen LogP contribution in [0.15, 0.2) is 59.6 Å². The first-order valence-corrected chi connectivity index (χ1v) is 8.52. The molecule has 0 unspecified atom stereocenters. The third kappa shape index (κ3) is 7.77. The Balaban J connectivity index is 0.00000312. The molecular weight excluding hydrogens is 425 g/mol. The zero-order valence-corrected chi connectivity index (χ0v) is 17.3. The highest BCUT2D eigenvalue weighted by Gasteiger charge is 2.03. The minimum atomic E-state index is 0. The van der Waals surface area contributed by atoms with Gasteiger partial charge in [-0.25, -0.2) is 0 Å². The van der Waals surface area contributed by atoms with Crippen LogP contribution in [0, 0.1) is 0 Å². The number of guanidine groups is 1. The average Bonchev–Trinajstić information content (AvgIpc) is 2.63. The van der Waals surface area contributed by atoms with Gasteiger partial charge in [0.15, 0.2) is 5.96 Å². The summed E-state index contributed by atoms with van der Waals surface area (Å²) in [5, 5.41) is 6.71. The number of halogens is 1. The number of benzene rings is 2. The number of para-hydroxylation sites is 1. The lowest BCUT2D eigenvalue weighted by Crippen LogP contribution is -2.39. The molecule has 0 aliphatic carbocycles. The molecule has 2 rings (SSSR count). The van der Waals surface area contributed by atoms with Crippen LogP contribution < -0.4 is 15.4 Å². The normalized spacial score (nSPS) is 10.7. The van der Waals surface area contributed by atoms with Crippen LogP contribution in [0.25, 0.3) is 0 Å². The van der Waals surface area contributed by atoms with Gasteiger partial charge in [-0.05, 0) is 37.0 Å². The number of nitrogens with one attached hydrogen (secondary N) is 2. The van der Waals surface area contributed by atoms with Crippen molar-refractivity contribution in [3.05, 3.63) is 65.7 Å². The Kier molecular flexibility index (Phi) is 10.7. The van der Waals surface area contributed by atoms with Gasteiger partial charge in [-0.2, -0.15) is 0 Å². The Hall–Kier alpha value is -1.76. The summed E-state index contributed by atoms with van der Waals surface area (Å²) in [5.74, 6) is 1.80. The summed E-state index contributed by atoms with van der Waals surface area (Å²) >= 11 is 0. The number of aliphatic imine (C=N–C) groups is 1. The molecule has 0 radical (unpaired) electrons. The minimum Gasteiger partial charge on any atom is -0.494 e. The molecule has 0 bridgehead atoms. The van der Waals surface area contributed by atoms with Crippen LogP contribution in [-0.2, 0) is 12.8 Å². The van der Waals surface area contributed by atoms with Crippen LogP contribution in [-0.4, -0.2) is 32.7 Å². The Bertz CT molecular complexity index is 632. The molecule has 0 aliphatic rings. The van der Waals surface area contributed by atoms with Gasteiger partial charge in [-0.3, -0.25) is 4.99 Å². The van der Waals surface area contributed by atoms with E-state index in [1.807, 2.05) is 31.2 Å². The molecule has 0 spiro atoms. The first-order chi connectivity index (χ1) is 11.8. The SMILES string of the molecule is CCOc1ccccc1CCNC(=NC)NCCc1ccccc1.I. The molecule has 2 aromatic carbocycles. The molecule has 0 saturated heterocycles. The third-order valence-electron chi connectivity index (χ3n) is 3.73. The summed E-state index contributed by atoms with van der Waals surface area (Å²) in [6.45, 7) is 4.37. The van der Waals surface area contributed by atoms with E-state index < -0.39 is 0 Å².